The number of hydrogen-bond donors (Lipinski definition) is 2. The van der Waals surface area contributed by atoms with Crippen molar-refractivity contribution in [2.24, 2.45) is 0 Å². The molecule has 3 aromatic carbocycles. The Bertz CT molecular complexity index is 1410. The van der Waals surface area contributed by atoms with Gasteiger partial charge in [0.05, 0.1) is 17.4 Å². The third kappa shape index (κ3) is 4.21. The van der Waals surface area contributed by atoms with Crippen LogP contribution in [0.15, 0.2) is 82.4 Å². The Morgan fingerprint density at radius 2 is 1.66 bits per heavy atom. The fourth-order valence-electron chi connectivity index (χ4n) is 3.66. The maximum Gasteiger partial charge on any atom is 0.331 e. The number of hydrogen-bond acceptors (Lipinski definition) is 4. The van der Waals surface area contributed by atoms with Crippen LogP contribution in [0, 0.1) is 5.82 Å². The normalized spacial score (nSPS) is 10.9. The summed E-state index contributed by atoms with van der Waals surface area (Å²) in [5.74, 6) is -1.01. The van der Waals surface area contributed by atoms with Gasteiger partial charge in [-0.1, -0.05) is 36.4 Å². The molecule has 0 aliphatic heterocycles. The summed E-state index contributed by atoms with van der Waals surface area (Å²) in [5.41, 5.74) is 2.91. The third-order valence-electron chi connectivity index (χ3n) is 5.30. The summed E-state index contributed by atoms with van der Waals surface area (Å²) in [5, 5.41) is 9.16. The number of fused-ring (bicyclic) bond motifs is 1. The first-order valence-corrected chi connectivity index (χ1v) is 9.98. The van der Waals surface area contributed by atoms with Crippen molar-refractivity contribution in [3.05, 3.63) is 116 Å². The first kappa shape index (κ1) is 21.2. The van der Waals surface area contributed by atoms with Crippen molar-refractivity contribution in [1.29, 1.82) is 0 Å². The number of carbonyl (C=O) groups excluding carboxylic acids is 1. The van der Waals surface area contributed by atoms with Gasteiger partial charge in [-0.2, -0.15) is 0 Å². The molecule has 7 nitrogen and oxygen atoms in total. The zero-order valence-electron chi connectivity index (χ0n) is 17.0. The highest BCUT2D eigenvalue weighted by Crippen LogP contribution is 2.12. The molecule has 32 heavy (non-hydrogen) atoms. The van der Waals surface area contributed by atoms with Crippen molar-refractivity contribution >= 4 is 16.8 Å². The Labute approximate surface area is 181 Å². The fraction of sp³-hybridized carbons (Fsp3) is 0.125. The van der Waals surface area contributed by atoms with Gasteiger partial charge in [0, 0.05) is 12.1 Å². The standard InChI is InChI=1S/C24H20FN3O4/c25-19-5-3-4-16(14-19)12-13-27-23(30)20-6-1-2-7-21(20)28(24(27)31)15-17-8-10-18(11-9-17)22(29)26-32/h1-11,14,32H,12-13,15H2,(H,26,29). The van der Waals surface area contributed by atoms with E-state index in [9.17, 15) is 18.8 Å². The maximum atomic E-state index is 13.5. The van der Waals surface area contributed by atoms with Crippen LogP contribution in [0.5, 0.6) is 0 Å². The van der Waals surface area contributed by atoms with E-state index in [-0.39, 0.29) is 24.5 Å². The van der Waals surface area contributed by atoms with Gasteiger partial charge in [0.2, 0.25) is 0 Å². The van der Waals surface area contributed by atoms with E-state index in [0.717, 1.165) is 5.56 Å². The Morgan fingerprint density at radius 3 is 2.38 bits per heavy atom. The molecule has 0 saturated heterocycles. The van der Waals surface area contributed by atoms with Crippen molar-refractivity contribution < 1.29 is 14.4 Å². The minimum absolute atomic E-state index is 0.113. The molecule has 0 spiro atoms. The van der Waals surface area contributed by atoms with E-state index in [1.54, 1.807) is 54.0 Å². The first-order chi connectivity index (χ1) is 15.5. The number of benzene rings is 3. The summed E-state index contributed by atoms with van der Waals surface area (Å²) >= 11 is 0. The monoisotopic (exact) mass is 433 g/mol. The van der Waals surface area contributed by atoms with Crippen LogP contribution in [0.3, 0.4) is 0 Å². The van der Waals surface area contributed by atoms with Crippen molar-refractivity contribution in [2.75, 3.05) is 0 Å². The number of para-hydroxylation sites is 1. The van der Waals surface area contributed by atoms with Crippen LogP contribution in [0.25, 0.3) is 10.9 Å². The van der Waals surface area contributed by atoms with Gasteiger partial charge in [-0.05, 0) is 53.9 Å². The molecule has 2 N–H and O–H groups in total. The van der Waals surface area contributed by atoms with Gasteiger partial charge >= 0.3 is 5.69 Å². The number of rotatable bonds is 6. The molecule has 0 radical (unpaired) electrons. The van der Waals surface area contributed by atoms with Crippen molar-refractivity contribution in [2.45, 2.75) is 19.5 Å². The summed E-state index contributed by atoms with van der Waals surface area (Å²) < 4.78 is 16.2. The van der Waals surface area contributed by atoms with Gasteiger partial charge in [-0.3, -0.25) is 23.9 Å². The van der Waals surface area contributed by atoms with Gasteiger partial charge in [-0.15, -0.1) is 0 Å². The van der Waals surface area contributed by atoms with Crippen molar-refractivity contribution in [3.63, 3.8) is 0 Å². The minimum atomic E-state index is -0.634. The van der Waals surface area contributed by atoms with Crippen LogP contribution in [0.2, 0.25) is 0 Å². The average molecular weight is 433 g/mol. The van der Waals surface area contributed by atoms with Gasteiger partial charge < -0.3 is 0 Å². The van der Waals surface area contributed by atoms with Gasteiger partial charge in [0.15, 0.2) is 0 Å². The quantitative estimate of drug-likeness (QED) is 0.361. The number of amides is 1. The molecular formula is C24H20FN3O4. The van der Waals surface area contributed by atoms with E-state index in [2.05, 4.69) is 0 Å². The van der Waals surface area contributed by atoms with E-state index in [1.807, 2.05) is 0 Å². The number of aromatic nitrogens is 2. The molecule has 8 heteroatoms. The zero-order valence-corrected chi connectivity index (χ0v) is 17.0. The van der Waals surface area contributed by atoms with E-state index in [0.29, 0.717) is 22.9 Å². The molecule has 1 heterocycles. The molecule has 0 unspecified atom stereocenters. The molecule has 0 saturated carbocycles. The molecule has 0 aliphatic carbocycles. The van der Waals surface area contributed by atoms with Crippen LogP contribution in [-0.2, 0) is 19.5 Å². The van der Waals surface area contributed by atoms with E-state index >= 15 is 0 Å². The lowest BCUT2D eigenvalue weighted by Crippen LogP contribution is -2.40. The second kappa shape index (κ2) is 8.99. The zero-order chi connectivity index (χ0) is 22.7. The van der Waals surface area contributed by atoms with E-state index in [1.165, 1.54) is 33.4 Å². The minimum Gasteiger partial charge on any atom is -0.289 e. The SMILES string of the molecule is O=C(NO)c1ccc(Cn2c(=O)n(CCc3cccc(F)c3)c(=O)c3ccccc32)cc1. The van der Waals surface area contributed by atoms with Crippen LogP contribution < -0.4 is 16.7 Å². The summed E-state index contributed by atoms with van der Waals surface area (Å²) in [6, 6.07) is 19.3. The van der Waals surface area contributed by atoms with Gasteiger partial charge in [-0.25, -0.2) is 14.7 Å². The van der Waals surface area contributed by atoms with E-state index in [4.69, 9.17) is 5.21 Å². The summed E-state index contributed by atoms with van der Waals surface area (Å²) in [4.78, 5) is 37.8. The first-order valence-electron chi connectivity index (χ1n) is 9.98. The lowest BCUT2D eigenvalue weighted by Gasteiger charge is -2.14. The summed E-state index contributed by atoms with van der Waals surface area (Å²) in [6.07, 6.45) is 0.330. The number of aryl methyl sites for hydroxylation is 1. The second-order valence-electron chi connectivity index (χ2n) is 7.36. The van der Waals surface area contributed by atoms with Crippen molar-refractivity contribution in [3.8, 4) is 0 Å². The molecule has 0 fully saturated rings. The smallest absolute Gasteiger partial charge is 0.289 e. The number of nitrogens with zero attached hydrogens (tertiary/aromatic N) is 2. The molecule has 162 valence electrons. The van der Waals surface area contributed by atoms with Gasteiger partial charge in [0.1, 0.15) is 5.82 Å². The van der Waals surface area contributed by atoms with Gasteiger partial charge in [0.25, 0.3) is 11.5 Å². The Hall–Kier alpha value is -4.04. The predicted molar refractivity (Wildman–Crippen MR) is 117 cm³/mol. The van der Waals surface area contributed by atoms with Crippen molar-refractivity contribution in [1.82, 2.24) is 14.6 Å². The second-order valence-corrected chi connectivity index (χ2v) is 7.36. The molecule has 4 aromatic rings. The maximum absolute atomic E-state index is 13.5. The van der Waals surface area contributed by atoms with E-state index < -0.39 is 17.2 Å². The van der Waals surface area contributed by atoms with Crippen LogP contribution in [0.4, 0.5) is 4.39 Å². The molecule has 0 atom stereocenters. The highest BCUT2D eigenvalue weighted by molar-refractivity contribution is 5.93. The summed E-state index contributed by atoms with van der Waals surface area (Å²) in [7, 11) is 0. The lowest BCUT2D eigenvalue weighted by atomic mass is 10.1. The molecule has 4 rings (SSSR count). The number of nitrogens with one attached hydrogen (secondary N) is 1. The highest BCUT2D eigenvalue weighted by Gasteiger charge is 2.14. The molecular weight excluding hydrogens is 413 g/mol. The Morgan fingerprint density at radius 1 is 0.906 bits per heavy atom. The summed E-state index contributed by atoms with van der Waals surface area (Å²) in [6.45, 7) is 0.294. The highest BCUT2D eigenvalue weighted by atomic mass is 19.1. The topological polar surface area (TPSA) is 93.3 Å². The molecule has 1 aromatic heterocycles. The largest absolute Gasteiger partial charge is 0.331 e. The lowest BCUT2D eigenvalue weighted by molar-refractivity contribution is 0.0706. The Balaban J connectivity index is 1.74. The Kier molecular flexibility index (Phi) is 5.96. The molecule has 0 bridgehead atoms. The predicted octanol–water partition coefficient (Wildman–Crippen LogP) is 2.71. The van der Waals surface area contributed by atoms with Crippen LogP contribution >= 0.6 is 0 Å². The average Bonchev–Trinajstić information content (AvgIpc) is 2.81. The van der Waals surface area contributed by atoms with Crippen LogP contribution in [-0.4, -0.2) is 20.2 Å². The number of halogens is 1. The third-order valence-corrected chi connectivity index (χ3v) is 5.30. The molecule has 1 amide bonds. The molecule has 0 aliphatic rings. The fourth-order valence-corrected chi connectivity index (χ4v) is 3.66. The number of hydroxylamine groups is 1. The number of carbonyl (C=O) groups is 1. The van der Waals surface area contributed by atoms with Crippen LogP contribution in [0.1, 0.15) is 21.5 Å².